The normalized spacial score (nSPS) is 28.8. The van der Waals surface area contributed by atoms with Gasteiger partial charge in [-0.3, -0.25) is 38.4 Å². The molecule has 1 aromatic rings. The molecule has 76 heavy (non-hydrogen) atoms. The van der Waals surface area contributed by atoms with Crippen LogP contribution in [0.2, 0.25) is 0 Å². The molecule has 25 nitrogen and oxygen atoms in total. The van der Waals surface area contributed by atoms with Gasteiger partial charge in [0.2, 0.25) is 47.3 Å². The van der Waals surface area contributed by atoms with E-state index in [9.17, 15) is 79.2 Å². The van der Waals surface area contributed by atoms with E-state index in [0.29, 0.717) is 24.7 Å². The number of fused-ring (bicyclic) bond motifs is 2. The second-order valence-corrected chi connectivity index (χ2v) is 21.0. The molecule has 25 heteroatoms. The molecule has 0 bridgehead atoms. The summed E-state index contributed by atoms with van der Waals surface area (Å²) in [4.78, 5) is 113. The lowest BCUT2D eigenvalue weighted by Gasteiger charge is -2.34. The topological polar surface area (TPSA) is 417 Å². The van der Waals surface area contributed by atoms with Crippen molar-refractivity contribution in [1.29, 1.82) is 0 Å². The average molecular weight is 1080 g/mol. The van der Waals surface area contributed by atoms with Crippen molar-refractivity contribution in [2.24, 2.45) is 23.3 Å². The Kier molecular flexibility index (Phi) is 24.7. The quantitative estimate of drug-likeness (QED) is 0.0536. The predicted molar refractivity (Wildman–Crippen MR) is 272 cm³/mol. The number of nitrogens with one attached hydrogen (secondary N) is 5. The maximum Gasteiger partial charge on any atom is 0.248 e. The summed E-state index contributed by atoms with van der Waals surface area (Å²) >= 11 is 0. The van der Waals surface area contributed by atoms with E-state index < -0.39 is 171 Å². The van der Waals surface area contributed by atoms with Crippen LogP contribution in [-0.2, 0) is 38.4 Å². The number of aromatic hydroxyl groups is 1. The fourth-order valence-corrected chi connectivity index (χ4v) is 10.1. The minimum absolute atomic E-state index is 0.0400. The van der Waals surface area contributed by atoms with Crippen molar-refractivity contribution >= 4 is 47.3 Å². The van der Waals surface area contributed by atoms with Crippen LogP contribution >= 0.6 is 0 Å². The van der Waals surface area contributed by atoms with E-state index >= 15 is 0 Å². The third-order valence-corrected chi connectivity index (χ3v) is 14.7. The second kappa shape index (κ2) is 29.8. The van der Waals surface area contributed by atoms with Crippen LogP contribution in [0.4, 0.5) is 0 Å². The maximum absolute atomic E-state index is 14.5. The lowest BCUT2D eigenvalue weighted by Crippen LogP contribution is -2.64. The van der Waals surface area contributed by atoms with Crippen molar-refractivity contribution in [2.75, 3.05) is 19.6 Å². The zero-order valence-electron chi connectivity index (χ0n) is 44.0. The molecule has 4 rings (SSSR count). The van der Waals surface area contributed by atoms with E-state index in [1.54, 1.807) is 0 Å². The molecule has 8 amide bonds. The summed E-state index contributed by atoms with van der Waals surface area (Å²) in [7, 11) is 0. The van der Waals surface area contributed by atoms with Gasteiger partial charge in [0, 0.05) is 38.9 Å². The van der Waals surface area contributed by atoms with Crippen LogP contribution < -0.4 is 38.1 Å². The van der Waals surface area contributed by atoms with Crippen LogP contribution in [0.5, 0.6) is 5.75 Å². The number of benzene rings is 1. The number of rotatable bonds is 21. The molecule has 3 aliphatic rings. The van der Waals surface area contributed by atoms with Crippen molar-refractivity contribution in [3.8, 4) is 5.75 Å². The number of carbonyl (C=O) groups is 8. The van der Waals surface area contributed by atoms with Crippen molar-refractivity contribution in [2.45, 2.75) is 203 Å². The number of aliphatic hydroxyl groups excluding tert-OH is 7. The van der Waals surface area contributed by atoms with Crippen molar-refractivity contribution in [1.82, 2.24) is 36.4 Å². The van der Waals surface area contributed by atoms with Crippen molar-refractivity contribution in [3.05, 3.63) is 29.8 Å². The predicted octanol–water partition coefficient (Wildman–Crippen LogP) is -3.33. The Morgan fingerprint density at radius 1 is 0.737 bits per heavy atom. The number of carbonyl (C=O) groups excluding carboxylic acids is 8. The monoisotopic (exact) mass is 1080 g/mol. The zero-order valence-corrected chi connectivity index (χ0v) is 44.0. The van der Waals surface area contributed by atoms with Gasteiger partial charge < -0.3 is 88.7 Å². The van der Waals surface area contributed by atoms with Crippen LogP contribution in [0.1, 0.15) is 129 Å². The van der Waals surface area contributed by atoms with Gasteiger partial charge in [-0.25, -0.2) is 0 Å². The molecule has 3 heterocycles. The Balaban J connectivity index is 1.71. The summed E-state index contributed by atoms with van der Waals surface area (Å²) in [6.45, 7) is 6.36. The van der Waals surface area contributed by atoms with Gasteiger partial charge in [0.25, 0.3) is 0 Å². The van der Waals surface area contributed by atoms with Crippen LogP contribution in [0.15, 0.2) is 24.3 Å². The Morgan fingerprint density at radius 3 is 1.96 bits per heavy atom. The van der Waals surface area contributed by atoms with Gasteiger partial charge in [-0.05, 0) is 55.7 Å². The number of aliphatic hydroxyl groups is 7. The summed E-state index contributed by atoms with van der Waals surface area (Å²) in [6, 6.07) is -8.46. The molecular formula is C51H83N9O16. The summed E-state index contributed by atoms with van der Waals surface area (Å²) in [5, 5.41) is 101. The minimum atomic E-state index is -2.35. The first kappa shape index (κ1) is 63.0. The number of primary amides is 1. The van der Waals surface area contributed by atoms with Crippen LogP contribution in [0.3, 0.4) is 0 Å². The number of phenols is 1. The summed E-state index contributed by atoms with van der Waals surface area (Å²) < 4.78 is 0. The molecule has 16 atom stereocenters. The molecule has 428 valence electrons. The minimum Gasteiger partial charge on any atom is -0.508 e. The Bertz CT molecular complexity index is 2120. The van der Waals surface area contributed by atoms with Crippen molar-refractivity contribution in [3.63, 3.8) is 0 Å². The fourth-order valence-electron chi connectivity index (χ4n) is 10.1. The number of hydrogen-bond donors (Lipinski definition) is 15. The molecule has 3 fully saturated rings. The molecule has 0 saturated carbocycles. The van der Waals surface area contributed by atoms with Gasteiger partial charge in [0.15, 0.2) is 0 Å². The SMILES string of the molecule is CC[C@H](C)C[C@H](C)CCCCCCCCC(=O)N[C@H]1C[C@@H](O)[C@H](CN)NC(=O)[C@@H]2[C@@H](O)CCN2C(=O)[C@H]([C@H](O)CC(N)=O)NC(=O)[C@H]([C@H](O)[C@@H](O)c2ccc(O)cc2)NC(=O)[C@@H]2C[C@@H](O)CN2C(=O)[C@H]([C@@H](C)O)NC1=O. The number of phenolic OH excluding ortho intramolecular Hbond substituents is 1. The summed E-state index contributed by atoms with van der Waals surface area (Å²) in [5.41, 5.74) is 11.3. The molecule has 17 N–H and O–H groups in total. The highest BCUT2D eigenvalue weighted by molar-refractivity contribution is 5.98. The van der Waals surface area contributed by atoms with E-state index in [4.69, 9.17) is 11.5 Å². The standard InChI is InChI=1S/C51H83N9O16/c1-5-26(2)20-27(3)12-10-8-6-7-9-11-13-39(68)54-32-22-36(65)33(24-52)55-49(74)43-35(64)18-19-59(43)51(76)41(37(66)23-38(53)67)57-48(73)42(45(70)44(69)29-14-16-30(62)17-15-29)58-47(72)34-21-31(63)25-60(34)50(75)40(28(4)61)56-46(32)71/h14-17,26-28,31-37,40-45,61-66,69-70H,5-13,18-25,52H2,1-4H3,(H2,53,67)(H,54,68)(H,55,74)(H,56,71)(H,57,73)(H,58,72)/t26-,27+,28+,31+,32-,33-,34-,35-,36+,37+,40-,41-,42-,43-,44-,45-/m0/s1. The first-order valence-electron chi connectivity index (χ1n) is 26.5. The second-order valence-electron chi connectivity index (χ2n) is 21.0. The fraction of sp³-hybridized carbons (Fsp3) is 0.725. The number of unbranched alkanes of at least 4 members (excludes halogenated alkanes) is 5. The average Bonchev–Trinajstić information content (AvgIpc) is 3.96. The molecule has 1 aromatic carbocycles. The van der Waals surface area contributed by atoms with Crippen molar-refractivity contribution < 1.29 is 79.2 Å². The zero-order chi connectivity index (χ0) is 56.6. The van der Waals surface area contributed by atoms with E-state index in [0.717, 1.165) is 67.4 Å². The third-order valence-electron chi connectivity index (χ3n) is 14.7. The first-order chi connectivity index (χ1) is 35.9. The lowest BCUT2D eigenvalue weighted by molar-refractivity contribution is -0.148. The van der Waals surface area contributed by atoms with Crippen LogP contribution in [-0.4, -0.2) is 196 Å². The molecule has 0 unspecified atom stereocenters. The van der Waals surface area contributed by atoms with E-state index in [-0.39, 0.29) is 24.2 Å². The number of nitrogens with two attached hydrogens (primary N) is 2. The molecular weight excluding hydrogens is 995 g/mol. The third kappa shape index (κ3) is 17.8. The van der Waals surface area contributed by atoms with Gasteiger partial charge in [0.05, 0.1) is 43.0 Å². The van der Waals surface area contributed by atoms with E-state index in [1.165, 1.54) is 18.6 Å². The van der Waals surface area contributed by atoms with E-state index in [1.807, 2.05) is 0 Å². The molecule has 3 aliphatic heterocycles. The lowest BCUT2D eigenvalue weighted by atomic mass is 9.91. The molecule has 0 aliphatic carbocycles. The first-order valence-corrected chi connectivity index (χ1v) is 26.5. The molecule has 0 spiro atoms. The van der Waals surface area contributed by atoms with Gasteiger partial charge in [0.1, 0.15) is 54.2 Å². The Labute approximate surface area is 442 Å². The van der Waals surface area contributed by atoms with Gasteiger partial charge >= 0.3 is 0 Å². The number of nitrogens with zero attached hydrogens (tertiary/aromatic N) is 2. The molecule has 0 radical (unpaired) electrons. The highest BCUT2D eigenvalue weighted by atomic mass is 16.3. The summed E-state index contributed by atoms with van der Waals surface area (Å²) in [6.07, 6.45) is -6.92. The number of amides is 8. The molecule has 0 aromatic heterocycles. The number of hydrogen-bond acceptors (Lipinski definition) is 17. The summed E-state index contributed by atoms with van der Waals surface area (Å²) in [5.74, 6) is -8.09. The largest absolute Gasteiger partial charge is 0.508 e. The molecule has 3 saturated heterocycles. The highest BCUT2D eigenvalue weighted by Crippen LogP contribution is 2.27. The van der Waals surface area contributed by atoms with Gasteiger partial charge in [-0.15, -0.1) is 0 Å². The van der Waals surface area contributed by atoms with E-state index in [2.05, 4.69) is 47.4 Å². The van der Waals surface area contributed by atoms with Crippen LogP contribution in [0.25, 0.3) is 0 Å². The van der Waals surface area contributed by atoms with Gasteiger partial charge in [-0.1, -0.05) is 77.8 Å². The Hall–Kier alpha value is -5.54. The maximum atomic E-state index is 14.5. The van der Waals surface area contributed by atoms with Crippen LogP contribution in [0, 0.1) is 11.8 Å². The van der Waals surface area contributed by atoms with Gasteiger partial charge in [-0.2, -0.15) is 0 Å². The smallest absolute Gasteiger partial charge is 0.248 e. The Morgan fingerprint density at radius 2 is 1.34 bits per heavy atom. The highest BCUT2D eigenvalue weighted by Gasteiger charge is 2.49.